The van der Waals surface area contributed by atoms with Crippen molar-refractivity contribution < 1.29 is 17.7 Å². The van der Waals surface area contributed by atoms with Crippen LogP contribution in [0.1, 0.15) is 5.56 Å². The van der Waals surface area contributed by atoms with Crippen molar-refractivity contribution >= 4 is 10.1 Å². The zero-order valence-electron chi connectivity index (χ0n) is 7.80. The molecule has 1 N–H and O–H groups in total. The molecule has 1 aromatic carbocycles. The topological polar surface area (TPSA) is 63.6 Å². The van der Waals surface area contributed by atoms with E-state index in [0.717, 1.165) is 11.8 Å². The number of hydrogen-bond donors (Lipinski definition) is 1. The largest absolute Gasteiger partial charge is 0.508 e. The Kier molecular flexibility index (Phi) is 3.49. The van der Waals surface area contributed by atoms with E-state index in [9.17, 15) is 8.42 Å². The fourth-order valence-electron chi connectivity index (χ4n) is 0.974. The van der Waals surface area contributed by atoms with Crippen LogP contribution < -0.4 is 0 Å². The summed E-state index contributed by atoms with van der Waals surface area (Å²) in [5, 5.41) is 8.98. The third-order valence-electron chi connectivity index (χ3n) is 1.62. The van der Waals surface area contributed by atoms with Gasteiger partial charge in [-0.25, -0.2) is 0 Å². The summed E-state index contributed by atoms with van der Waals surface area (Å²) in [5.74, 6) is 0.192. The first-order valence-corrected chi connectivity index (χ1v) is 5.91. The maximum absolute atomic E-state index is 10.6. The summed E-state index contributed by atoms with van der Waals surface area (Å²) >= 11 is 0. The van der Waals surface area contributed by atoms with Crippen LogP contribution in [-0.2, 0) is 20.7 Å². The molecule has 78 valence electrons. The van der Waals surface area contributed by atoms with Crippen LogP contribution in [0.5, 0.6) is 5.75 Å². The highest BCUT2D eigenvalue weighted by molar-refractivity contribution is 7.85. The monoisotopic (exact) mass is 216 g/mol. The first-order valence-electron chi connectivity index (χ1n) is 4.10. The maximum atomic E-state index is 10.6. The molecule has 0 aromatic heterocycles. The van der Waals surface area contributed by atoms with Gasteiger partial charge < -0.3 is 5.11 Å². The SMILES string of the molecule is CS(=O)(=O)OCCc1ccc(O)cc1. The lowest BCUT2D eigenvalue weighted by molar-refractivity contribution is 0.326. The van der Waals surface area contributed by atoms with E-state index in [-0.39, 0.29) is 12.4 Å². The zero-order valence-corrected chi connectivity index (χ0v) is 8.62. The van der Waals surface area contributed by atoms with Gasteiger partial charge in [0.25, 0.3) is 10.1 Å². The van der Waals surface area contributed by atoms with E-state index in [4.69, 9.17) is 5.11 Å². The van der Waals surface area contributed by atoms with Crippen LogP contribution in [0.4, 0.5) is 0 Å². The highest BCUT2D eigenvalue weighted by Crippen LogP contribution is 2.10. The number of rotatable bonds is 4. The van der Waals surface area contributed by atoms with Gasteiger partial charge in [-0.1, -0.05) is 12.1 Å². The second kappa shape index (κ2) is 4.43. The van der Waals surface area contributed by atoms with Gasteiger partial charge in [-0.15, -0.1) is 0 Å². The molecule has 0 saturated carbocycles. The third kappa shape index (κ3) is 4.25. The minimum atomic E-state index is -3.35. The van der Waals surface area contributed by atoms with Gasteiger partial charge in [0.15, 0.2) is 0 Å². The van der Waals surface area contributed by atoms with Gasteiger partial charge in [0.2, 0.25) is 0 Å². The van der Waals surface area contributed by atoms with Gasteiger partial charge in [0.1, 0.15) is 5.75 Å². The molecular weight excluding hydrogens is 204 g/mol. The minimum absolute atomic E-state index is 0.129. The molecule has 0 aliphatic rings. The molecule has 0 amide bonds. The van der Waals surface area contributed by atoms with Crippen molar-refractivity contribution in [3.05, 3.63) is 29.8 Å². The smallest absolute Gasteiger partial charge is 0.264 e. The summed E-state index contributed by atoms with van der Waals surface area (Å²) in [7, 11) is -3.35. The van der Waals surface area contributed by atoms with Crippen molar-refractivity contribution in [2.24, 2.45) is 0 Å². The molecular formula is C9H12O4S. The lowest BCUT2D eigenvalue weighted by Gasteiger charge is -2.01. The number of phenols is 1. The lowest BCUT2D eigenvalue weighted by atomic mass is 10.2. The average Bonchev–Trinajstić information content (AvgIpc) is 2.06. The van der Waals surface area contributed by atoms with Gasteiger partial charge in [-0.2, -0.15) is 8.42 Å². The predicted molar refractivity (Wildman–Crippen MR) is 52.6 cm³/mol. The van der Waals surface area contributed by atoms with Crippen LogP contribution in [0.15, 0.2) is 24.3 Å². The van der Waals surface area contributed by atoms with Gasteiger partial charge in [0, 0.05) is 0 Å². The molecule has 0 saturated heterocycles. The molecule has 0 atom stereocenters. The Bertz CT molecular complexity index is 380. The van der Waals surface area contributed by atoms with Crippen LogP contribution in [0, 0.1) is 0 Å². The normalized spacial score (nSPS) is 11.5. The van der Waals surface area contributed by atoms with Crippen molar-refractivity contribution in [2.45, 2.75) is 6.42 Å². The molecule has 0 heterocycles. The van der Waals surface area contributed by atoms with E-state index in [0.29, 0.717) is 6.42 Å². The van der Waals surface area contributed by atoms with Gasteiger partial charge in [-0.3, -0.25) is 4.18 Å². The summed E-state index contributed by atoms with van der Waals surface area (Å²) < 4.78 is 25.8. The minimum Gasteiger partial charge on any atom is -0.508 e. The van der Waals surface area contributed by atoms with Gasteiger partial charge in [-0.05, 0) is 24.1 Å². The second-order valence-electron chi connectivity index (χ2n) is 2.94. The molecule has 4 nitrogen and oxygen atoms in total. The molecule has 1 aromatic rings. The quantitative estimate of drug-likeness (QED) is 0.760. The highest BCUT2D eigenvalue weighted by Gasteiger charge is 2.01. The van der Waals surface area contributed by atoms with E-state index < -0.39 is 10.1 Å². The standard InChI is InChI=1S/C9H12O4S/c1-14(11,12)13-7-6-8-2-4-9(10)5-3-8/h2-5,10H,6-7H2,1H3. The van der Waals surface area contributed by atoms with Gasteiger partial charge in [0.05, 0.1) is 12.9 Å². The Labute approximate surface area is 83.3 Å². The van der Waals surface area contributed by atoms with E-state index in [2.05, 4.69) is 4.18 Å². The van der Waals surface area contributed by atoms with Gasteiger partial charge >= 0.3 is 0 Å². The molecule has 0 unspecified atom stereocenters. The van der Waals surface area contributed by atoms with E-state index in [1.165, 1.54) is 0 Å². The Hall–Kier alpha value is -1.07. The van der Waals surface area contributed by atoms with E-state index in [1.807, 2.05) is 0 Å². The summed E-state index contributed by atoms with van der Waals surface area (Å²) in [6, 6.07) is 6.55. The highest BCUT2D eigenvalue weighted by atomic mass is 32.2. The van der Waals surface area contributed by atoms with E-state index >= 15 is 0 Å². The van der Waals surface area contributed by atoms with Crippen molar-refractivity contribution in [1.29, 1.82) is 0 Å². The van der Waals surface area contributed by atoms with Crippen molar-refractivity contribution in [3.8, 4) is 5.75 Å². The summed E-state index contributed by atoms with van der Waals surface area (Å²) in [6.45, 7) is 0.129. The van der Waals surface area contributed by atoms with Crippen molar-refractivity contribution in [1.82, 2.24) is 0 Å². The second-order valence-corrected chi connectivity index (χ2v) is 4.59. The average molecular weight is 216 g/mol. The summed E-state index contributed by atoms with van der Waals surface area (Å²) in [5.41, 5.74) is 0.923. The fourth-order valence-corrected chi connectivity index (χ4v) is 1.36. The van der Waals surface area contributed by atoms with Crippen LogP contribution in [-0.4, -0.2) is 26.4 Å². The van der Waals surface area contributed by atoms with Crippen molar-refractivity contribution in [3.63, 3.8) is 0 Å². The molecule has 5 heteroatoms. The fraction of sp³-hybridized carbons (Fsp3) is 0.333. The lowest BCUT2D eigenvalue weighted by Crippen LogP contribution is -2.05. The summed E-state index contributed by atoms with van der Waals surface area (Å²) in [4.78, 5) is 0. The van der Waals surface area contributed by atoms with Crippen LogP contribution in [0.3, 0.4) is 0 Å². The zero-order chi connectivity index (χ0) is 10.6. The Morgan fingerprint density at radius 3 is 2.36 bits per heavy atom. The Morgan fingerprint density at radius 1 is 1.29 bits per heavy atom. The number of aromatic hydroxyl groups is 1. The summed E-state index contributed by atoms with van der Waals surface area (Å²) in [6.07, 6.45) is 1.52. The molecule has 0 spiro atoms. The Balaban J connectivity index is 2.43. The molecule has 1 rings (SSSR count). The van der Waals surface area contributed by atoms with E-state index in [1.54, 1.807) is 24.3 Å². The van der Waals surface area contributed by atoms with Crippen LogP contribution >= 0.6 is 0 Å². The molecule has 14 heavy (non-hydrogen) atoms. The van der Waals surface area contributed by atoms with Crippen molar-refractivity contribution in [2.75, 3.05) is 12.9 Å². The molecule has 0 aliphatic heterocycles. The first-order chi connectivity index (χ1) is 6.47. The molecule has 0 fully saturated rings. The molecule has 0 aliphatic carbocycles. The molecule has 0 bridgehead atoms. The van der Waals surface area contributed by atoms with Crippen LogP contribution in [0.2, 0.25) is 0 Å². The third-order valence-corrected chi connectivity index (χ3v) is 2.22. The Morgan fingerprint density at radius 2 is 1.86 bits per heavy atom. The maximum Gasteiger partial charge on any atom is 0.264 e. The number of benzene rings is 1. The van der Waals surface area contributed by atoms with Crippen LogP contribution in [0.25, 0.3) is 0 Å². The number of hydrogen-bond acceptors (Lipinski definition) is 4. The number of phenolic OH excluding ortho intramolecular Hbond substituents is 1. The first kappa shape index (κ1) is 11.0. The molecule has 0 radical (unpaired) electrons. The predicted octanol–water partition coefficient (Wildman–Crippen LogP) is 0.911.